The molecular formula is C9H8ClN2O4P. The molecule has 0 fully saturated rings. The van der Waals surface area contributed by atoms with Crippen LogP contribution in [0.2, 0.25) is 5.15 Å². The van der Waals surface area contributed by atoms with Crippen LogP contribution in [-0.2, 0) is 4.57 Å². The van der Waals surface area contributed by atoms with Crippen LogP contribution in [0.4, 0.5) is 5.69 Å². The van der Waals surface area contributed by atoms with Crippen LogP contribution >= 0.6 is 19.2 Å². The molecule has 6 nitrogen and oxygen atoms in total. The summed E-state index contributed by atoms with van der Waals surface area (Å²) in [6, 6.07) is 4.03. The Morgan fingerprint density at radius 2 is 2.12 bits per heavy atom. The number of rotatable bonds is 2. The second-order valence-electron chi connectivity index (χ2n) is 3.29. The van der Waals surface area contributed by atoms with Crippen LogP contribution < -0.4 is 11.0 Å². The van der Waals surface area contributed by atoms with Gasteiger partial charge in [-0.3, -0.25) is 4.57 Å². The van der Waals surface area contributed by atoms with E-state index in [0.717, 1.165) is 0 Å². The fraction of sp³-hybridized carbons (Fsp3) is 0. The van der Waals surface area contributed by atoms with Gasteiger partial charge in [-0.05, 0) is 18.2 Å². The molecule has 2 rings (SSSR count). The zero-order valence-corrected chi connectivity index (χ0v) is 10.0. The van der Waals surface area contributed by atoms with Crippen LogP contribution in [0.1, 0.15) is 0 Å². The minimum Gasteiger partial charge on any atom is -0.462 e. The first-order valence-corrected chi connectivity index (χ1v) is 6.44. The van der Waals surface area contributed by atoms with Gasteiger partial charge in [-0.2, -0.15) is 0 Å². The molecule has 0 amide bonds. The maximum atomic E-state index is 11.2. The lowest BCUT2D eigenvalue weighted by Crippen LogP contribution is -2.05. The summed E-state index contributed by atoms with van der Waals surface area (Å²) >= 11 is 5.71. The maximum absolute atomic E-state index is 11.2. The van der Waals surface area contributed by atoms with Crippen LogP contribution in [-0.4, -0.2) is 14.8 Å². The second kappa shape index (κ2) is 4.16. The monoisotopic (exact) mass is 274 g/mol. The number of nitrogens with zero attached hydrogens (tertiary/aromatic N) is 1. The summed E-state index contributed by atoms with van der Waals surface area (Å²) in [4.78, 5) is 22.1. The van der Waals surface area contributed by atoms with Crippen molar-refractivity contribution in [2.45, 2.75) is 0 Å². The highest BCUT2D eigenvalue weighted by Gasteiger charge is 2.26. The van der Waals surface area contributed by atoms with Gasteiger partial charge >= 0.3 is 7.60 Å². The van der Waals surface area contributed by atoms with Gasteiger partial charge in [-0.15, -0.1) is 0 Å². The molecule has 2 aromatic heterocycles. The molecule has 0 saturated heterocycles. The number of furan rings is 1. The molecule has 0 aromatic carbocycles. The summed E-state index contributed by atoms with van der Waals surface area (Å²) in [6.45, 7) is 0. The molecule has 2 aromatic rings. The lowest BCUT2D eigenvalue weighted by Gasteiger charge is -2.05. The van der Waals surface area contributed by atoms with Gasteiger partial charge in [0.2, 0.25) is 0 Å². The summed E-state index contributed by atoms with van der Waals surface area (Å²) in [5.74, 6) is -0.0347. The van der Waals surface area contributed by atoms with E-state index in [9.17, 15) is 4.57 Å². The van der Waals surface area contributed by atoms with Crippen molar-refractivity contribution >= 4 is 30.2 Å². The molecule has 0 unspecified atom stereocenters. The zero-order valence-electron chi connectivity index (χ0n) is 8.37. The Labute approximate surface area is 101 Å². The average molecular weight is 275 g/mol. The Morgan fingerprint density at radius 3 is 2.71 bits per heavy atom. The normalized spacial score (nSPS) is 11.7. The van der Waals surface area contributed by atoms with E-state index in [0.29, 0.717) is 5.69 Å². The van der Waals surface area contributed by atoms with Gasteiger partial charge in [0.25, 0.3) is 0 Å². The van der Waals surface area contributed by atoms with Gasteiger partial charge in [-0.25, -0.2) is 4.98 Å². The van der Waals surface area contributed by atoms with Crippen molar-refractivity contribution in [1.82, 2.24) is 4.98 Å². The van der Waals surface area contributed by atoms with Gasteiger partial charge in [0, 0.05) is 5.69 Å². The molecule has 90 valence electrons. The molecule has 0 spiro atoms. The Hall–Kier alpha value is -1.33. The number of aromatic nitrogens is 1. The number of nitrogens with two attached hydrogens (primary N) is 1. The van der Waals surface area contributed by atoms with Crippen LogP contribution in [0.5, 0.6) is 0 Å². The first-order chi connectivity index (χ1) is 7.88. The molecule has 8 heteroatoms. The number of anilines is 1. The molecule has 0 bridgehead atoms. The van der Waals surface area contributed by atoms with Crippen molar-refractivity contribution in [3.8, 4) is 11.5 Å². The summed E-state index contributed by atoms with van der Waals surface area (Å²) in [7, 11) is -4.42. The maximum Gasteiger partial charge on any atom is 0.360 e. The molecule has 0 atom stereocenters. The quantitative estimate of drug-likeness (QED) is 0.564. The van der Waals surface area contributed by atoms with E-state index in [1.54, 1.807) is 0 Å². The van der Waals surface area contributed by atoms with Gasteiger partial charge in [0.15, 0.2) is 5.76 Å². The van der Waals surface area contributed by atoms with Gasteiger partial charge in [0.05, 0.1) is 6.26 Å². The number of hydrogen-bond donors (Lipinski definition) is 3. The van der Waals surface area contributed by atoms with E-state index in [1.807, 2.05) is 0 Å². The van der Waals surface area contributed by atoms with Crippen molar-refractivity contribution in [2.24, 2.45) is 0 Å². The van der Waals surface area contributed by atoms with Crippen LogP contribution in [0.15, 0.2) is 28.9 Å². The fourth-order valence-corrected chi connectivity index (χ4v) is 2.26. The first kappa shape index (κ1) is 12.1. The predicted molar refractivity (Wildman–Crippen MR) is 63.0 cm³/mol. The Morgan fingerprint density at radius 1 is 1.41 bits per heavy atom. The van der Waals surface area contributed by atoms with E-state index in [4.69, 9.17) is 31.5 Å². The van der Waals surface area contributed by atoms with E-state index >= 15 is 0 Å². The topological polar surface area (TPSA) is 110 Å². The van der Waals surface area contributed by atoms with Crippen molar-refractivity contribution < 1.29 is 18.8 Å². The lowest BCUT2D eigenvalue weighted by molar-refractivity contribution is 0.387. The minimum atomic E-state index is -4.42. The number of nitrogen functional groups attached to an aromatic ring is 1. The molecule has 0 aliphatic carbocycles. The third kappa shape index (κ3) is 2.50. The molecular weight excluding hydrogens is 267 g/mol. The van der Waals surface area contributed by atoms with Crippen molar-refractivity contribution in [3.63, 3.8) is 0 Å². The molecule has 0 saturated carbocycles. The smallest absolute Gasteiger partial charge is 0.360 e. The fourth-order valence-electron chi connectivity index (χ4n) is 1.36. The van der Waals surface area contributed by atoms with E-state index < -0.39 is 7.60 Å². The molecule has 17 heavy (non-hydrogen) atoms. The lowest BCUT2D eigenvalue weighted by atomic mass is 10.2. The Kier molecular flexibility index (Phi) is 2.97. The first-order valence-electron chi connectivity index (χ1n) is 4.45. The summed E-state index contributed by atoms with van der Waals surface area (Å²) in [5.41, 5.74) is 6.07. The number of halogens is 1. The number of pyridine rings is 1. The summed E-state index contributed by atoms with van der Waals surface area (Å²) in [5, 5.41) is -0.125. The summed E-state index contributed by atoms with van der Waals surface area (Å²) in [6.07, 6.45) is 1.17. The highest BCUT2D eigenvalue weighted by Crippen LogP contribution is 2.38. The average Bonchev–Trinajstić information content (AvgIpc) is 2.63. The van der Waals surface area contributed by atoms with Crippen molar-refractivity contribution in [2.75, 3.05) is 5.73 Å². The Bertz CT molecular complexity index is 587. The van der Waals surface area contributed by atoms with Gasteiger partial charge in [-0.1, -0.05) is 11.6 Å². The number of hydrogen-bond acceptors (Lipinski definition) is 4. The molecule has 4 N–H and O–H groups in total. The summed E-state index contributed by atoms with van der Waals surface area (Å²) < 4.78 is 16.2. The highest BCUT2D eigenvalue weighted by atomic mass is 35.5. The van der Waals surface area contributed by atoms with Gasteiger partial charge < -0.3 is 19.9 Å². The molecule has 0 aliphatic heterocycles. The minimum absolute atomic E-state index is 0.0347. The molecule has 2 heterocycles. The highest BCUT2D eigenvalue weighted by molar-refractivity contribution is 7.60. The largest absolute Gasteiger partial charge is 0.462 e. The van der Waals surface area contributed by atoms with E-state index in [-0.39, 0.29) is 21.9 Å². The van der Waals surface area contributed by atoms with Crippen molar-refractivity contribution in [1.29, 1.82) is 0 Å². The third-order valence-electron chi connectivity index (χ3n) is 2.01. The Balaban J connectivity index is 2.61. The second-order valence-corrected chi connectivity index (χ2v) is 5.24. The SMILES string of the molecule is Nc1cc(Cl)nc(-c2occc2P(=O)(O)O)c1. The van der Waals surface area contributed by atoms with E-state index in [2.05, 4.69) is 4.98 Å². The van der Waals surface area contributed by atoms with Crippen LogP contribution in [0, 0.1) is 0 Å². The van der Waals surface area contributed by atoms with Crippen LogP contribution in [0.25, 0.3) is 11.5 Å². The van der Waals surface area contributed by atoms with Gasteiger partial charge in [0.1, 0.15) is 16.2 Å². The molecule has 0 aliphatic rings. The van der Waals surface area contributed by atoms with E-state index in [1.165, 1.54) is 24.5 Å². The zero-order chi connectivity index (χ0) is 12.6. The predicted octanol–water partition coefficient (Wildman–Crippen LogP) is 1.38. The van der Waals surface area contributed by atoms with Crippen molar-refractivity contribution in [3.05, 3.63) is 29.6 Å². The van der Waals surface area contributed by atoms with Crippen LogP contribution in [0.3, 0.4) is 0 Å². The standard InChI is InChI=1S/C9H8ClN2O4P/c10-8-4-5(11)3-6(12-8)9-7(1-2-16-9)17(13,14)15/h1-4H,(H2,11,12)(H2,13,14,15). The third-order valence-corrected chi connectivity index (χ3v) is 3.18. The molecule has 0 radical (unpaired) electrons.